The monoisotopic (exact) mass is 297 g/mol. The van der Waals surface area contributed by atoms with Gasteiger partial charge in [0.25, 0.3) is 5.91 Å². The van der Waals surface area contributed by atoms with Crippen molar-refractivity contribution in [1.29, 1.82) is 0 Å². The predicted octanol–water partition coefficient (Wildman–Crippen LogP) is 2.26. The summed E-state index contributed by atoms with van der Waals surface area (Å²) in [6, 6.07) is 9.60. The number of hydrogen-bond acceptors (Lipinski definition) is 3. The van der Waals surface area contributed by atoms with Gasteiger partial charge in [-0.2, -0.15) is 0 Å². The number of piperidine rings is 1. The molecule has 1 aromatic carbocycles. The number of nitrogens with zero attached hydrogens (tertiary/aromatic N) is 1. The van der Waals surface area contributed by atoms with Gasteiger partial charge in [0.2, 0.25) is 0 Å². The maximum Gasteiger partial charge on any atom is 0.334 e. The molecular weight excluding hydrogens is 278 g/mol. The maximum absolute atomic E-state index is 12.0. The quantitative estimate of drug-likeness (QED) is 0.488. The third-order valence-corrected chi connectivity index (χ3v) is 3.92. The Morgan fingerprint density at radius 2 is 1.86 bits per heavy atom. The van der Waals surface area contributed by atoms with Crippen molar-refractivity contribution in [3.05, 3.63) is 48.0 Å². The van der Waals surface area contributed by atoms with Gasteiger partial charge in [0.05, 0.1) is 0 Å². The molecule has 1 saturated heterocycles. The van der Waals surface area contributed by atoms with Crippen molar-refractivity contribution in [3.8, 4) is 12.3 Å². The van der Waals surface area contributed by atoms with Crippen LogP contribution in [0.25, 0.3) is 0 Å². The van der Waals surface area contributed by atoms with Gasteiger partial charge in [-0.1, -0.05) is 36.9 Å². The third kappa shape index (κ3) is 3.20. The minimum atomic E-state index is -0.733. The fraction of sp³-hybridized carbons (Fsp3) is 0.333. The molecule has 4 nitrogen and oxygen atoms in total. The van der Waals surface area contributed by atoms with Crippen LogP contribution in [0.5, 0.6) is 0 Å². The molecule has 1 aromatic rings. The van der Waals surface area contributed by atoms with Gasteiger partial charge in [-0.05, 0) is 18.4 Å². The minimum absolute atomic E-state index is 0.326. The third-order valence-electron chi connectivity index (χ3n) is 3.92. The summed E-state index contributed by atoms with van der Waals surface area (Å²) in [4.78, 5) is 25.2. The van der Waals surface area contributed by atoms with Crippen molar-refractivity contribution in [1.82, 2.24) is 4.90 Å². The Bertz CT molecular complexity index is 619. The lowest BCUT2D eigenvalue weighted by Gasteiger charge is -2.41. The molecule has 4 heteroatoms. The van der Waals surface area contributed by atoms with Crippen molar-refractivity contribution >= 4 is 11.9 Å². The van der Waals surface area contributed by atoms with Crippen LogP contribution in [0.3, 0.4) is 0 Å². The van der Waals surface area contributed by atoms with Gasteiger partial charge in [-0.15, -0.1) is 6.42 Å². The van der Waals surface area contributed by atoms with Gasteiger partial charge >= 0.3 is 5.97 Å². The lowest BCUT2D eigenvalue weighted by Crippen LogP contribution is -2.47. The number of carbonyl (C=O) groups excluding carboxylic acids is 2. The summed E-state index contributed by atoms with van der Waals surface area (Å²) in [7, 11) is 0. The molecule has 0 aromatic heterocycles. The highest BCUT2D eigenvalue weighted by Crippen LogP contribution is 2.37. The zero-order valence-corrected chi connectivity index (χ0v) is 12.7. The second-order valence-corrected chi connectivity index (χ2v) is 5.47. The number of carbonyl (C=O) groups is 2. The Labute approximate surface area is 130 Å². The molecule has 0 unspecified atom stereocenters. The number of terminal acetylenes is 1. The Balaban J connectivity index is 2.26. The predicted molar refractivity (Wildman–Crippen MR) is 83.7 cm³/mol. The van der Waals surface area contributed by atoms with Crippen molar-refractivity contribution in [2.75, 3.05) is 13.1 Å². The average molecular weight is 297 g/mol. The Hall–Kier alpha value is -2.54. The largest absolute Gasteiger partial charge is 0.451 e. The Morgan fingerprint density at radius 3 is 2.36 bits per heavy atom. The Kier molecular flexibility index (Phi) is 4.67. The van der Waals surface area contributed by atoms with Gasteiger partial charge in [0, 0.05) is 31.5 Å². The molecule has 1 amide bonds. The highest BCUT2D eigenvalue weighted by Gasteiger charge is 2.40. The average Bonchev–Trinajstić information content (AvgIpc) is 2.55. The van der Waals surface area contributed by atoms with Gasteiger partial charge in [0.15, 0.2) is 0 Å². The lowest BCUT2D eigenvalue weighted by molar-refractivity contribution is -0.162. The van der Waals surface area contributed by atoms with Crippen LogP contribution in [0.4, 0.5) is 0 Å². The first-order valence-corrected chi connectivity index (χ1v) is 7.18. The topological polar surface area (TPSA) is 46.6 Å². The molecule has 0 radical (unpaired) electrons. The lowest BCUT2D eigenvalue weighted by atomic mass is 9.84. The molecule has 1 aliphatic heterocycles. The van der Waals surface area contributed by atoms with Gasteiger partial charge in [0.1, 0.15) is 5.60 Å². The van der Waals surface area contributed by atoms with Crippen LogP contribution in [-0.4, -0.2) is 29.9 Å². The molecule has 0 aliphatic carbocycles. The second-order valence-electron chi connectivity index (χ2n) is 5.47. The van der Waals surface area contributed by atoms with Crippen molar-refractivity contribution < 1.29 is 14.3 Å². The molecule has 0 spiro atoms. The summed E-state index contributed by atoms with van der Waals surface area (Å²) in [5.74, 6) is 1.38. The summed E-state index contributed by atoms with van der Waals surface area (Å²) >= 11 is 0. The van der Waals surface area contributed by atoms with Crippen LogP contribution >= 0.6 is 0 Å². The summed E-state index contributed by atoms with van der Waals surface area (Å²) < 4.78 is 5.76. The van der Waals surface area contributed by atoms with Crippen molar-refractivity contribution in [3.63, 3.8) is 0 Å². The summed E-state index contributed by atoms with van der Waals surface area (Å²) in [6.07, 6.45) is 6.20. The zero-order valence-electron chi connectivity index (χ0n) is 12.7. The Morgan fingerprint density at radius 1 is 1.27 bits per heavy atom. The summed E-state index contributed by atoms with van der Waals surface area (Å²) in [6.45, 7) is 6.18. The van der Waals surface area contributed by atoms with E-state index in [1.165, 1.54) is 0 Å². The fourth-order valence-corrected chi connectivity index (χ4v) is 2.62. The van der Waals surface area contributed by atoms with Crippen LogP contribution in [0, 0.1) is 12.3 Å². The van der Waals surface area contributed by atoms with E-state index in [9.17, 15) is 9.59 Å². The number of likely N-dealkylation sites (tertiary alicyclic amines) is 1. The van der Waals surface area contributed by atoms with Crippen LogP contribution in [-0.2, 0) is 19.9 Å². The van der Waals surface area contributed by atoms with E-state index in [4.69, 9.17) is 11.2 Å². The van der Waals surface area contributed by atoms with Crippen LogP contribution < -0.4 is 0 Å². The SMILES string of the molecule is C#CC(=O)N1CCC(OC(=O)C(=C)C)(c2ccccc2)CC1. The first-order chi connectivity index (χ1) is 10.5. The number of hydrogen-bond donors (Lipinski definition) is 0. The number of esters is 1. The molecule has 1 heterocycles. The van der Waals surface area contributed by atoms with Gasteiger partial charge < -0.3 is 9.64 Å². The van der Waals surface area contributed by atoms with Crippen molar-refractivity contribution in [2.45, 2.75) is 25.4 Å². The number of benzene rings is 1. The van der Waals surface area contributed by atoms with E-state index >= 15 is 0 Å². The van der Waals surface area contributed by atoms with Crippen LogP contribution in [0.2, 0.25) is 0 Å². The number of amides is 1. The summed E-state index contributed by atoms with van der Waals surface area (Å²) in [5, 5.41) is 0. The smallest absolute Gasteiger partial charge is 0.334 e. The first-order valence-electron chi connectivity index (χ1n) is 7.18. The highest BCUT2D eigenvalue weighted by molar-refractivity contribution is 5.93. The standard InChI is InChI=1S/C18H19NO3/c1-4-16(20)19-12-10-18(11-13-19,22-17(21)14(2)3)15-8-6-5-7-9-15/h1,5-9H,2,10-13H2,3H3. The zero-order chi connectivity index (χ0) is 16.2. The maximum atomic E-state index is 12.0. The number of rotatable bonds is 3. The van der Waals surface area contributed by atoms with E-state index in [2.05, 4.69) is 12.5 Å². The molecular formula is C18H19NO3. The molecule has 0 saturated carbocycles. The van der Waals surface area contributed by atoms with Crippen molar-refractivity contribution in [2.24, 2.45) is 0 Å². The van der Waals surface area contributed by atoms with Crippen LogP contribution in [0.15, 0.2) is 42.5 Å². The van der Waals surface area contributed by atoms with E-state index in [-0.39, 0.29) is 5.91 Å². The normalized spacial score (nSPS) is 16.5. The molecule has 0 bridgehead atoms. The number of ether oxygens (including phenoxy) is 1. The van der Waals surface area contributed by atoms with Gasteiger partial charge in [-0.3, -0.25) is 4.79 Å². The summed E-state index contributed by atoms with van der Waals surface area (Å²) in [5.41, 5.74) is 0.553. The first kappa shape index (κ1) is 15.8. The molecule has 0 atom stereocenters. The fourth-order valence-electron chi connectivity index (χ4n) is 2.62. The van der Waals surface area contributed by atoms with E-state index in [1.54, 1.807) is 11.8 Å². The minimum Gasteiger partial charge on any atom is -0.451 e. The highest BCUT2D eigenvalue weighted by atomic mass is 16.6. The van der Waals surface area contributed by atoms with E-state index in [0.29, 0.717) is 31.5 Å². The van der Waals surface area contributed by atoms with Gasteiger partial charge in [-0.25, -0.2) is 4.79 Å². The van der Waals surface area contributed by atoms with E-state index < -0.39 is 11.6 Å². The molecule has 1 aliphatic rings. The second kappa shape index (κ2) is 6.48. The molecule has 114 valence electrons. The molecule has 2 rings (SSSR count). The van der Waals surface area contributed by atoms with E-state index in [0.717, 1.165) is 5.56 Å². The molecule has 0 N–H and O–H groups in total. The van der Waals surface area contributed by atoms with Crippen LogP contribution in [0.1, 0.15) is 25.3 Å². The van der Waals surface area contributed by atoms with E-state index in [1.807, 2.05) is 30.3 Å². The molecule has 1 fully saturated rings. The molecule has 22 heavy (non-hydrogen) atoms.